The Morgan fingerprint density at radius 1 is 1.23 bits per heavy atom. The number of nitrogens with zero attached hydrogens (tertiary/aromatic N) is 1. The van der Waals surface area contributed by atoms with Gasteiger partial charge >= 0.3 is 6.09 Å². The first-order chi connectivity index (χ1) is 9.55. The van der Waals surface area contributed by atoms with Crippen LogP contribution in [0.2, 0.25) is 18.1 Å². The average molecular weight is 332 g/mol. The van der Waals surface area contributed by atoms with Crippen LogP contribution in [-0.2, 0) is 9.16 Å². The summed E-state index contributed by atoms with van der Waals surface area (Å²) in [6, 6.07) is 0. The van der Waals surface area contributed by atoms with Crippen molar-refractivity contribution in [3.05, 3.63) is 0 Å². The molecule has 0 aromatic heterocycles. The second-order valence-electron chi connectivity index (χ2n) is 9.01. The monoisotopic (exact) mass is 331 g/mol. The van der Waals surface area contributed by atoms with Gasteiger partial charge in [0, 0.05) is 6.42 Å². The largest absolute Gasteiger partial charge is 0.444 e. The fraction of sp³-hybridized carbons (Fsp3) is 0.938. The van der Waals surface area contributed by atoms with Crippen molar-refractivity contribution < 1.29 is 19.1 Å². The van der Waals surface area contributed by atoms with Crippen LogP contribution in [0.5, 0.6) is 0 Å². The lowest BCUT2D eigenvalue weighted by molar-refractivity contribution is -0.0714. The van der Waals surface area contributed by atoms with Crippen LogP contribution >= 0.6 is 0 Å². The van der Waals surface area contributed by atoms with Crippen molar-refractivity contribution in [2.45, 2.75) is 90.4 Å². The minimum atomic E-state index is -1.93. The quantitative estimate of drug-likeness (QED) is 0.783. The summed E-state index contributed by atoms with van der Waals surface area (Å²) in [7, 11) is -1.93. The van der Waals surface area contributed by atoms with E-state index in [0.29, 0.717) is 13.0 Å². The van der Waals surface area contributed by atoms with E-state index in [2.05, 4.69) is 33.9 Å². The Morgan fingerprint density at radius 2 is 1.73 bits per heavy atom. The van der Waals surface area contributed by atoms with Crippen molar-refractivity contribution in [1.29, 1.82) is 0 Å². The van der Waals surface area contributed by atoms with Gasteiger partial charge in [0.25, 0.3) is 0 Å². The van der Waals surface area contributed by atoms with E-state index in [0.717, 1.165) is 0 Å². The van der Waals surface area contributed by atoms with E-state index < -0.39 is 25.7 Å². The van der Waals surface area contributed by atoms with Crippen LogP contribution in [0.1, 0.15) is 54.9 Å². The van der Waals surface area contributed by atoms with Gasteiger partial charge in [-0.15, -0.1) is 0 Å². The van der Waals surface area contributed by atoms with Gasteiger partial charge in [-0.25, -0.2) is 4.79 Å². The predicted molar refractivity (Wildman–Crippen MR) is 90.3 cm³/mol. The molecule has 0 spiro atoms. The number of aliphatic hydroxyl groups is 1. The summed E-state index contributed by atoms with van der Waals surface area (Å²) >= 11 is 0. The molecule has 0 aromatic rings. The molecule has 2 atom stereocenters. The highest BCUT2D eigenvalue weighted by molar-refractivity contribution is 6.74. The number of amides is 1. The van der Waals surface area contributed by atoms with Crippen LogP contribution in [0.3, 0.4) is 0 Å². The van der Waals surface area contributed by atoms with Crippen molar-refractivity contribution in [3.8, 4) is 0 Å². The number of carbonyl (C=O) groups excluding carboxylic acids is 1. The highest BCUT2D eigenvalue weighted by Gasteiger charge is 2.48. The number of carbonyl (C=O) groups is 1. The Labute approximate surface area is 136 Å². The summed E-state index contributed by atoms with van der Waals surface area (Å²) in [6.07, 6.45) is -0.221. The lowest BCUT2D eigenvalue weighted by Crippen LogP contribution is -2.47. The maximum Gasteiger partial charge on any atom is 0.412 e. The molecule has 0 aliphatic carbocycles. The highest BCUT2D eigenvalue weighted by Crippen LogP contribution is 2.40. The van der Waals surface area contributed by atoms with Gasteiger partial charge in [-0.3, -0.25) is 4.90 Å². The maximum atomic E-state index is 12.3. The molecule has 2 unspecified atom stereocenters. The number of rotatable bonds is 2. The molecule has 0 radical (unpaired) electrons. The molecule has 5 nitrogen and oxygen atoms in total. The summed E-state index contributed by atoms with van der Waals surface area (Å²) in [5.74, 6) is 0. The SMILES string of the molecule is CC(C)(C)OC(=O)N1CC(O[Si](C)(C)C(C)(C)C)CC1(C)O. The van der Waals surface area contributed by atoms with Crippen LogP contribution in [0.15, 0.2) is 0 Å². The molecule has 1 aliphatic heterocycles. The molecule has 1 fully saturated rings. The lowest BCUT2D eigenvalue weighted by atomic mass is 10.2. The number of hydrogen-bond acceptors (Lipinski definition) is 4. The second kappa shape index (κ2) is 5.80. The smallest absolute Gasteiger partial charge is 0.412 e. The minimum Gasteiger partial charge on any atom is -0.444 e. The molecule has 130 valence electrons. The Balaban J connectivity index is 2.81. The third kappa shape index (κ3) is 4.70. The van der Waals surface area contributed by atoms with E-state index in [9.17, 15) is 9.90 Å². The minimum absolute atomic E-state index is 0.0954. The zero-order chi connectivity index (χ0) is 17.6. The van der Waals surface area contributed by atoms with Crippen LogP contribution in [0, 0.1) is 0 Å². The summed E-state index contributed by atoms with van der Waals surface area (Å²) in [5, 5.41) is 10.6. The van der Waals surface area contributed by atoms with E-state index in [1.807, 2.05) is 20.8 Å². The highest BCUT2D eigenvalue weighted by atomic mass is 28.4. The molecule has 1 rings (SSSR count). The average Bonchev–Trinajstić information content (AvgIpc) is 2.47. The number of ether oxygens (including phenoxy) is 1. The van der Waals surface area contributed by atoms with Crippen molar-refractivity contribution in [3.63, 3.8) is 0 Å². The molecular weight excluding hydrogens is 298 g/mol. The summed E-state index contributed by atoms with van der Waals surface area (Å²) < 4.78 is 11.7. The molecular formula is C16H33NO4Si. The third-order valence-electron chi connectivity index (χ3n) is 4.46. The van der Waals surface area contributed by atoms with Gasteiger partial charge in [0.05, 0.1) is 12.6 Å². The van der Waals surface area contributed by atoms with Crippen molar-refractivity contribution in [1.82, 2.24) is 4.90 Å². The van der Waals surface area contributed by atoms with Crippen LogP contribution in [-0.4, -0.2) is 48.4 Å². The summed E-state index contributed by atoms with van der Waals surface area (Å²) in [6.45, 7) is 18.4. The van der Waals surface area contributed by atoms with Crippen molar-refractivity contribution in [2.75, 3.05) is 6.54 Å². The zero-order valence-corrected chi connectivity index (χ0v) is 16.6. The fourth-order valence-corrected chi connectivity index (χ4v) is 3.61. The van der Waals surface area contributed by atoms with Crippen molar-refractivity contribution in [2.24, 2.45) is 0 Å². The maximum absolute atomic E-state index is 12.3. The normalized spacial score (nSPS) is 27.2. The Morgan fingerprint density at radius 3 is 2.14 bits per heavy atom. The standard InChI is InChI=1S/C16H33NO4Si/c1-14(2,3)20-13(18)17-11-12(10-16(17,7)19)21-22(8,9)15(4,5)6/h12,19H,10-11H2,1-9H3. The topological polar surface area (TPSA) is 59.0 Å². The first-order valence-corrected chi connectivity index (χ1v) is 10.9. The van der Waals surface area contributed by atoms with Gasteiger partial charge in [-0.1, -0.05) is 20.8 Å². The first-order valence-electron chi connectivity index (χ1n) is 7.96. The first kappa shape index (κ1) is 19.5. The summed E-state index contributed by atoms with van der Waals surface area (Å²) in [4.78, 5) is 13.7. The molecule has 22 heavy (non-hydrogen) atoms. The Hall–Kier alpha value is -0.593. The van der Waals surface area contributed by atoms with Gasteiger partial charge in [-0.2, -0.15) is 0 Å². The van der Waals surface area contributed by atoms with Crippen LogP contribution < -0.4 is 0 Å². The van der Waals surface area contributed by atoms with E-state index in [1.165, 1.54) is 4.90 Å². The van der Waals surface area contributed by atoms with Gasteiger partial charge < -0.3 is 14.3 Å². The predicted octanol–water partition coefficient (Wildman–Crippen LogP) is 3.73. The zero-order valence-electron chi connectivity index (χ0n) is 15.6. The van der Waals surface area contributed by atoms with Gasteiger partial charge in [0.15, 0.2) is 8.32 Å². The van der Waals surface area contributed by atoms with Crippen LogP contribution in [0.25, 0.3) is 0 Å². The number of likely N-dealkylation sites (tertiary alicyclic amines) is 1. The number of hydrogen-bond donors (Lipinski definition) is 1. The molecule has 1 aliphatic rings. The Kier molecular flexibility index (Phi) is 5.13. The van der Waals surface area contributed by atoms with Gasteiger partial charge in [0.2, 0.25) is 0 Å². The van der Waals surface area contributed by atoms with E-state index in [-0.39, 0.29) is 11.1 Å². The second-order valence-corrected chi connectivity index (χ2v) is 13.8. The van der Waals surface area contributed by atoms with Gasteiger partial charge in [0.1, 0.15) is 11.3 Å². The van der Waals surface area contributed by atoms with Gasteiger partial charge in [-0.05, 0) is 45.8 Å². The summed E-state index contributed by atoms with van der Waals surface area (Å²) in [5.41, 5.74) is -1.80. The Bertz CT molecular complexity index is 421. The van der Waals surface area contributed by atoms with Crippen molar-refractivity contribution >= 4 is 14.4 Å². The molecule has 1 saturated heterocycles. The molecule has 6 heteroatoms. The molecule has 0 aromatic carbocycles. The molecule has 0 saturated carbocycles. The van der Waals surface area contributed by atoms with E-state index in [4.69, 9.17) is 9.16 Å². The van der Waals surface area contributed by atoms with E-state index >= 15 is 0 Å². The van der Waals surface area contributed by atoms with Crippen LogP contribution in [0.4, 0.5) is 4.79 Å². The molecule has 1 N–H and O–H groups in total. The lowest BCUT2D eigenvalue weighted by Gasteiger charge is -2.38. The fourth-order valence-electron chi connectivity index (χ4n) is 2.27. The van der Waals surface area contributed by atoms with E-state index in [1.54, 1.807) is 6.92 Å². The third-order valence-corrected chi connectivity index (χ3v) is 9.00. The molecule has 0 bridgehead atoms. The molecule has 1 heterocycles. The molecule has 1 amide bonds.